The highest BCUT2D eigenvalue weighted by molar-refractivity contribution is 5.92. The van der Waals surface area contributed by atoms with Gasteiger partial charge in [-0.1, -0.05) is 53.7 Å². The Labute approximate surface area is 176 Å². The van der Waals surface area contributed by atoms with Crippen molar-refractivity contribution in [1.29, 1.82) is 0 Å². The van der Waals surface area contributed by atoms with Crippen LogP contribution in [0.3, 0.4) is 0 Å². The van der Waals surface area contributed by atoms with Gasteiger partial charge < -0.3 is 14.3 Å². The van der Waals surface area contributed by atoms with Crippen LogP contribution in [0.2, 0.25) is 0 Å². The molecule has 0 bridgehead atoms. The lowest BCUT2D eigenvalue weighted by molar-refractivity contribution is 0.0590. The molecule has 1 saturated heterocycles. The maximum Gasteiger partial charge on any atom is 0.276 e. The van der Waals surface area contributed by atoms with Crippen molar-refractivity contribution in [2.45, 2.75) is 12.6 Å². The molecular weight excluding hydrogens is 376 g/mol. The predicted molar refractivity (Wildman–Crippen MR) is 115 cm³/mol. The first-order valence-corrected chi connectivity index (χ1v) is 10.4. The molecule has 1 aromatic heterocycles. The quantitative estimate of drug-likeness (QED) is 0.671. The predicted octanol–water partition coefficient (Wildman–Crippen LogP) is 3.26. The van der Waals surface area contributed by atoms with E-state index in [1.807, 2.05) is 23.9 Å². The Hall–Kier alpha value is -2.96. The van der Waals surface area contributed by atoms with E-state index in [9.17, 15) is 4.79 Å². The van der Waals surface area contributed by atoms with Crippen molar-refractivity contribution in [2.75, 3.05) is 40.3 Å². The zero-order valence-electron chi connectivity index (χ0n) is 17.4. The number of hydrogen-bond acceptors (Lipinski definition) is 5. The van der Waals surface area contributed by atoms with Crippen molar-refractivity contribution in [1.82, 2.24) is 19.9 Å². The minimum absolute atomic E-state index is 0.0457. The number of aromatic nitrogens is 1. The third kappa shape index (κ3) is 3.32. The third-order valence-corrected chi connectivity index (χ3v) is 6.02. The highest BCUT2D eigenvalue weighted by Gasteiger charge is 2.35. The number of hydrogen-bond donors (Lipinski definition) is 0. The van der Waals surface area contributed by atoms with Gasteiger partial charge in [-0.15, -0.1) is 0 Å². The number of piperazine rings is 1. The number of amides is 1. The van der Waals surface area contributed by atoms with Gasteiger partial charge >= 0.3 is 0 Å². The molecule has 0 saturated carbocycles. The van der Waals surface area contributed by atoms with Gasteiger partial charge in [0.05, 0.1) is 12.6 Å². The van der Waals surface area contributed by atoms with Gasteiger partial charge in [-0.25, -0.2) is 0 Å². The van der Waals surface area contributed by atoms with Gasteiger partial charge in [-0.2, -0.15) is 0 Å². The Morgan fingerprint density at radius 1 is 1.00 bits per heavy atom. The third-order valence-electron chi connectivity index (χ3n) is 6.02. The van der Waals surface area contributed by atoms with E-state index in [1.54, 1.807) is 6.07 Å². The second-order valence-corrected chi connectivity index (χ2v) is 8.32. The maximum absolute atomic E-state index is 12.9. The van der Waals surface area contributed by atoms with E-state index < -0.39 is 0 Å². The Kier molecular flexibility index (Phi) is 4.89. The Morgan fingerprint density at radius 2 is 1.60 bits per heavy atom. The smallest absolute Gasteiger partial charge is 0.276 e. The summed E-state index contributed by atoms with van der Waals surface area (Å²) in [5.74, 6) is 0.664. The molecule has 1 amide bonds. The molecule has 1 aliphatic carbocycles. The minimum Gasteiger partial charge on any atom is -0.359 e. The number of benzene rings is 2. The van der Waals surface area contributed by atoms with Gasteiger partial charge in [0, 0.05) is 32.2 Å². The summed E-state index contributed by atoms with van der Waals surface area (Å²) in [7, 11) is 3.92. The lowest BCUT2D eigenvalue weighted by Crippen LogP contribution is -2.49. The molecular formula is C24H26N4O2. The molecule has 2 aliphatic rings. The molecule has 1 aliphatic heterocycles. The number of carbonyl (C=O) groups excluding carboxylic acids is 1. The molecule has 0 N–H and O–H groups in total. The van der Waals surface area contributed by atoms with Gasteiger partial charge in [0.2, 0.25) is 0 Å². The SMILES string of the molecule is CN(C)Cc1cc(C(=O)N2CCN(C3c4ccccc4-c4ccccc43)CC2)no1. The van der Waals surface area contributed by atoms with Gasteiger partial charge in [-0.05, 0) is 36.3 Å². The summed E-state index contributed by atoms with van der Waals surface area (Å²) < 4.78 is 5.32. The standard InChI is InChI=1S/C24H26N4O2/c1-26(2)16-17-15-22(25-30-17)24(29)28-13-11-27(12-14-28)23-20-9-5-3-7-18(20)19-8-4-6-10-21(19)23/h3-10,15,23H,11-14,16H2,1-2H3. The summed E-state index contributed by atoms with van der Waals surface area (Å²) in [4.78, 5) is 19.3. The van der Waals surface area contributed by atoms with Crippen LogP contribution in [0.4, 0.5) is 0 Å². The topological polar surface area (TPSA) is 52.8 Å². The normalized spacial score (nSPS) is 16.7. The molecule has 2 aromatic carbocycles. The fourth-order valence-corrected chi connectivity index (χ4v) is 4.67. The first-order valence-electron chi connectivity index (χ1n) is 10.4. The second kappa shape index (κ2) is 7.70. The molecule has 5 rings (SSSR count). The minimum atomic E-state index is -0.0457. The summed E-state index contributed by atoms with van der Waals surface area (Å²) in [6.07, 6.45) is 0. The monoisotopic (exact) mass is 402 g/mol. The summed E-state index contributed by atoms with van der Waals surface area (Å²) in [5, 5.41) is 3.99. The molecule has 1 fully saturated rings. The molecule has 0 unspecified atom stereocenters. The number of rotatable bonds is 4. The maximum atomic E-state index is 12.9. The van der Waals surface area contributed by atoms with E-state index in [-0.39, 0.29) is 11.9 Å². The van der Waals surface area contributed by atoms with Crippen LogP contribution in [-0.4, -0.2) is 66.0 Å². The van der Waals surface area contributed by atoms with Gasteiger partial charge in [0.25, 0.3) is 5.91 Å². The van der Waals surface area contributed by atoms with Gasteiger partial charge in [0.15, 0.2) is 11.5 Å². The summed E-state index contributed by atoms with van der Waals surface area (Å²) in [5.41, 5.74) is 5.78. The van der Waals surface area contributed by atoms with Crippen molar-refractivity contribution >= 4 is 5.91 Å². The van der Waals surface area contributed by atoms with E-state index in [2.05, 4.69) is 58.6 Å². The van der Waals surface area contributed by atoms with Crippen LogP contribution in [-0.2, 0) is 6.54 Å². The molecule has 0 radical (unpaired) electrons. The number of fused-ring (bicyclic) bond motifs is 3. The van der Waals surface area contributed by atoms with Crippen molar-refractivity contribution < 1.29 is 9.32 Å². The first-order chi connectivity index (χ1) is 14.6. The Morgan fingerprint density at radius 3 is 2.20 bits per heavy atom. The fraction of sp³-hybridized carbons (Fsp3) is 0.333. The van der Waals surface area contributed by atoms with Crippen LogP contribution < -0.4 is 0 Å². The van der Waals surface area contributed by atoms with E-state index in [4.69, 9.17) is 4.52 Å². The van der Waals surface area contributed by atoms with Gasteiger partial charge in [0.1, 0.15) is 0 Å². The lowest BCUT2D eigenvalue weighted by atomic mass is 10.0. The number of nitrogens with zero attached hydrogens (tertiary/aromatic N) is 4. The largest absolute Gasteiger partial charge is 0.359 e. The second-order valence-electron chi connectivity index (χ2n) is 8.32. The zero-order chi connectivity index (χ0) is 20.7. The summed E-state index contributed by atoms with van der Waals surface area (Å²) >= 11 is 0. The van der Waals surface area contributed by atoms with E-state index in [0.717, 1.165) is 13.1 Å². The Bertz CT molecular complexity index is 1020. The highest BCUT2D eigenvalue weighted by Crippen LogP contribution is 2.46. The first kappa shape index (κ1) is 19.0. The van der Waals surface area contributed by atoms with Crippen molar-refractivity contribution in [3.05, 3.63) is 77.2 Å². The summed E-state index contributed by atoms with van der Waals surface area (Å²) in [6.45, 7) is 3.68. The van der Waals surface area contributed by atoms with Crippen molar-refractivity contribution in [3.8, 4) is 11.1 Å². The van der Waals surface area contributed by atoms with Crippen LogP contribution in [0.25, 0.3) is 11.1 Å². The lowest BCUT2D eigenvalue weighted by Gasteiger charge is -2.38. The fourth-order valence-electron chi connectivity index (χ4n) is 4.67. The van der Waals surface area contributed by atoms with Crippen LogP contribution in [0.15, 0.2) is 59.1 Å². The van der Waals surface area contributed by atoms with Crippen LogP contribution in [0, 0.1) is 0 Å². The van der Waals surface area contributed by atoms with Gasteiger partial charge in [-0.3, -0.25) is 9.69 Å². The molecule has 154 valence electrons. The molecule has 0 spiro atoms. The van der Waals surface area contributed by atoms with Crippen molar-refractivity contribution in [2.24, 2.45) is 0 Å². The summed E-state index contributed by atoms with van der Waals surface area (Å²) in [6, 6.07) is 19.4. The molecule has 6 nitrogen and oxygen atoms in total. The van der Waals surface area contributed by atoms with E-state index in [0.29, 0.717) is 31.1 Å². The molecule has 30 heavy (non-hydrogen) atoms. The van der Waals surface area contributed by atoms with E-state index in [1.165, 1.54) is 22.3 Å². The molecule has 2 heterocycles. The van der Waals surface area contributed by atoms with Crippen LogP contribution in [0.5, 0.6) is 0 Å². The highest BCUT2D eigenvalue weighted by atomic mass is 16.5. The average molecular weight is 402 g/mol. The van der Waals surface area contributed by atoms with Crippen LogP contribution >= 0.6 is 0 Å². The van der Waals surface area contributed by atoms with Crippen molar-refractivity contribution in [3.63, 3.8) is 0 Å². The molecule has 6 heteroatoms. The average Bonchev–Trinajstić information content (AvgIpc) is 3.35. The number of carbonyl (C=O) groups is 1. The molecule has 3 aromatic rings. The Balaban J connectivity index is 1.31. The van der Waals surface area contributed by atoms with E-state index >= 15 is 0 Å². The molecule has 0 atom stereocenters. The van der Waals surface area contributed by atoms with Crippen LogP contribution in [0.1, 0.15) is 33.4 Å². The zero-order valence-corrected chi connectivity index (χ0v) is 17.4.